The van der Waals surface area contributed by atoms with E-state index in [0.717, 1.165) is 0 Å². The van der Waals surface area contributed by atoms with E-state index < -0.39 is 20.5 Å². The zero-order valence-electron chi connectivity index (χ0n) is 6.41. The molecule has 1 unspecified atom stereocenters. The van der Waals surface area contributed by atoms with Crippen molar-refractivity contribution < 1.29 is 55.4 Å². The van der Waals surface area contributed by atoms with Crippen LogP contribution in [0.25, 0.3) is 0 Å². The van der Waals surface area contributed by atoms with Crippen LogP contribution in [-0.4, -0.2) is 19.1 Å². The van der Waals surface area contributed by atoms with Crippen molar-refractivity contribution in [3.05, 3.63) is 0 Å². The minimum Gasteiger partial charge on any atom is -0.749 e. The summed E-state index contributed by atoms with van der Waals surface area (Å²) in [6, 6.07) is 0. The molecule has 0 aromatic heterocycles. The second-order valence-electron chi connectivity index (χ2n) is 1.50. The first-order valence-electron chi connectivity index (χ1n) is 2.47. The number of cyclic esters (lactones) is 2. The third-order valence-electron chi connectivity index (χ3n) is 0.556. The molecule has 0 bridgehead atoms. The molecule has 5 nitrogen and oxygen atoms in total. The maximum Gasteiger partial charge on any atom is 1.00 e. The summed E-state index contributed by atoms with van der Waals surface area (Å²) in [7, 11) is -5.89. The molecule has 1 saturated heterocycles. The summed E-state index contributed by atoms with van der Waals surface area (Å²) in [6.07, 6.45) is -2.47. The van der Waals surface area contributed by atoms with Crippen molar-refractivity contribution in [1.29, 1.82) is 0 Å². The molecule has 0 aliphatic carbocycles. The molecule has 1 fully saturated rings. The zero-order chi connectivity index (χ0) is 9.78. The van der Waals surface area contributed by atoms with Gasteiger partial charge in [0.15, 0.2) is 6.61 Å². The van der Waals surface area contributed by atoms with Crippen molar-refractivity contribution in [3.63, 3.8) is 0 Å². The van der Waals surface area contributed by atoms with Crippen molar-refractivity contribution in [1.82, 2.24) is 0 Å². The van der Waals surface area contributed by atoms with Gasteiger partial charge < -0.3 is 14.4 Å². The Morgan fingerprint density at radius 2 is 1.92 bits per heavy atom. The molecular formula is C3H3F3LiO5P. The molecule has 72 valence electrons. The van der Waals surface area contributed by atoms with E-state index in [4.69, 9.17) is 9.46 Å². The topological polar surface area (TPSA) is 75.7 Å². The van der Waals surface area contributed by atoms with Crippen molar-refractivity contribution >= 4 is 14.1 Å². The Morgan fingerprint density at radius 3 is 2.00 bits per heavy atom. The van der Waals surface area contributed by atoms with Crippen LogP contribution >= 0.6 is 7.99 Å². The molecule has 0 N–H and O–H groups in total. The fourth-order valence-corrected chi connectivity index (χ4v) is 0.306. The SMILES string of the molecule is O=C1OCC(F)O1.O=P([O-])(F)F.[Li+]. The summed E-state index contributed by atoms with van der Waals surface area (Å²) in [4.78, 5) is 18.1. The summed E-state index contributed by atoms with van der Waals surface area (Å²) in [5, 5.41) is 0. The molecule has 0 saturated carbocycles. The molecule has 10 heteroatoms. The van der Waals surface area contributed by atoms with Crippen molar-refractivity contribution in [3.8, 4) is 0 Å². The Labute approximate surface area is 83.1 Å². The third kappa shape index (κ3) is 14.7. The average molecular weight is 214 g/mol. The molecule has 0 aromatic rings. The molecule has 1 rings (SSSR count). The monoisotopic (exact) mass is 214 g/mol. The summed E-state index contributed by atoms with van der Waals surface area (Å²) in [5.74, 6) is 0. The van der Waals surface area contributed by atoms with Crippen molar-refractivity contribution in [2.75, 3.05) is 6.61 Å². The quantitative estimate of drug-likeness (QED) is 0.261. The second-order valence-corrected chi connectivity index (χ2v) is 2.33. The fraction of sp³-hybridized carbons (Fsp3) is 0.667. The van der Waals surface area contributed by atoms with Crippen molar-refractivity contribution in [2.45, 2.75) is 6.36 Å². The Hall–Kier alpha value is -0.153. The van der Waals surface area contributed by atoms with Gasteiger partial charge in [0, 0.05) is 0 Å². The number of rotatable bonds is 0. The molecular weight excluding hydrogens is 211 g/mol. The van der Waals surface area contributed by atoms with Crippen molar-refractivity contribution in [2.24, 2.45) is 0 Å². The summed E-state index contributed by atoms with van der Waals surface area (Å²) in [5.41, 5.74) is 0. The van der Waals surface area contributed by atoms with E-state index in [2.05, 4.69) is 9.47 Å². The van der Waals surface area contributed by atoms with Crippen LogP contribution < -0.4 is 23.8 Å². The van der Waals surface area contributed by atoms with E-state index in [1.54, 1.807) is 0 Å². The van der Waals surface area contributed by atoms with E-state index in [0.29, 0.717) is 0 Å². The van der Waals surface area contributed by atoms with Gasteiger partial charge in [-0.3, -0.25) is 4.57 Å². The van der Waals surface area contributed by atoms with Gasteiger partial charge in [0.05, 0.1) is 0 Å². The number of ether oxygens (including phenoxy) is 2. The molecule has 1 heterocycles. The van der Waals surface area contributed by atoms with Crippen LogP contribution in [0.2, 0.25) is 0 Å². The molecule has 1 atom stereocenters. The number of carbonyl (C=O) groups is 1. The fourth-order valence-electron chi connectivity index (χ4n) is 0.306. The van der Waals surface area contributed by atoms with Gasteiger partial charge in [-0.05, 0) is 0 Å². The number of alkyl halides is 1. The van der Waals surface area contributed by atoms with Gasteiger partial charge in [0.1, 0.15) is 0 Å². The van der Waals surface area contributed by atoms with Gasteiger partial charge in [-0.1, -0.05) is 0 Å². The Bertz CT molecular complexity index is 199. The largest absolute Gasteiger partial charge is 1.00 e. The van der Waals surface area contributed by atoms with Crippen LogP contribution in [0.5, 0.6) is 0 Å². The molecule has 0 spiro atoms. The van der Waals surface area contributed by atoms with Crippen LogP contribution in [0.4, 0.5) is 17.6 Å². The van der Waals surface area contributed by atoms with Gasteiger partial charge in [-0.2, -0.15) is 12.8 Å². The van der Waals surface area contributed by atoms with Gasteiger partial charge in [0.2, 0.25) is 0 Å². The van der Waals surface area contributed by atoms with Crippen LogP contribution in [0.15, 0.2) is 0 Å². The van der Waals surface area contributed by atoms with Gasteiger partial charge in [-0.15, -0.1) is 0 Å². The van der Waals surface area contributed by atoms with Gasteiger partial charge in [-0.25, -0.2) is 4.79 Å². The second kappa shape index (κ2) is 6.32. The van der Waals surface area contributed by atoms with E-state index in [1.165, 1.54) is 0 Å². The molecule has 0 amide bonds. The molecule has 1 aliphatic rings. The third-order valence-corrected chi connectivity index (χ3v) is 0.556. The van der Waals surface area contributed by atoms with E-state index >= 15 is 0 Å². The Kier molecular flexibility index (Phi) is 7.45. The predicted octanol–water partition coefficient (Wildman–Crippen LogP) is -2.15. The number of hydrogen-bond acceptors (Lipinski definition) is 5. The number of halogens is 3. The molecule has 13 heavy (non-hydrogen) atoms. The first kappa shape index (κ1) is 15.3. The summed E-state index contributed by atoms with van der Waals surface area (Å²) >= 11 is 0. The first-order valence-corrected chi connectivity index (χ1v) is 3.87. The van der Waals surface area contributed by atoms with E-state index in [9.17, 15) is 17.6 Å². The van der Waals surface area contributed by atoms with E-state index in [-0.39, 0.29) is 25.5 Å². The maximum atomic E-state index is 11.6. The standard InChI is InChI=1S/C3H3FO3.F2HO2P.Li/c4-2-1-6-3(5)7-2;1-5(2,3)4;/h2H,1H2;(H,3,4);/q;;+1/p-1. The molecule has 1 aliphatic heterocycles. The first-order chi connectivity index (χ1) is 5.29. The zero-order valence-corrected chi connectivity index (χ0v) is 7.30. The smallest absolute Gasteiger partial charge is 0.749 e. The summed E-state index contributed by atoms with van der Waals surface area (Å²) in [6.45, 7) is -0.265. The Balaban J connectivity index is 0. The van der Waals surface area contributed by atoms with Crippen LogP contribution in [0.3, 0.4) is 0 Å². The normalized spacial score (nSPS) is 20.3. The van der Waals surface area contributed by atoms with Gasteiger partial charge in [0.25, 0.3) is 6.36 Å². The van der Waals surface area contributed by atoms with Crippen LogP contribution in [-0.2, 0) is 14.0 Å². The van der Waals surface area contributed by atoms with Gasteiger partial charge >= 0.3 is 33.0 Å². The van der Waals surface area contributed by atoms with Crippen LogP contribution in [0, 0.1) is 0 Å². The predicted molar refractivity (Wildman–Crippen MR) is 27.2 cm³/mol. The number of hydrogen-bond donors (Lipinski definition) is 0. The minimum atomic E-state index is -5.89. The van der Waals surface area contributed by atoms with Crippen LogP contribution in [0.1, 0.15) is 0 Å². The summed E-state index contributed by atoms with van der Waals surface area (Å²) < 4.78 is 47.8. The molecule has 0 radical (unpaired) electrons. The maximum absolute atomic E-state index is 11.6. The molecule has 0 aromatic carbocycles. The average Bonchev–Trinajstić information content (AvgIpc) is 2.09. The minimum absolute atomic E-state index is 0. The van der Waals surface area contributed by atoms with E-state index in [1.807, 2.05) is 0 Å². The number of carbonyl (C=O) groups excluding carboxylic acids is 1. The Morgan fingerprint density at radius 1 is 1.54 bits per heavy atom.